The van der Waals surface area contributed by atoms with Crippen LogP contribution in [0.1, 0.15) is 48.0 Å². The van der Waals surface area contributed by atoms with E-state index in [4.69, 9.17) is 0 Å². The maximum atomic E-state index is 13.1. The maximum Gasteiger partial charge on any atom is 0.259 e. The second-order valence-electron chi connectivity index (χ2n) is 8.91. The lowest BCUT2D eigenvalue weighted by molar-refractivity contribution is -0.131. The van der Waals surface area contributed by atoms with Crippen molar-refractivity contribution in [2.24, 2.45) is 5.92 Å². The minimum atomic E-state index is 0.0167. The number of carbonyl (C=O) groups is 2. The van der Waals surface area contributed by atoms with Gasteiger partial charge >= 0.3 is 0 Å². The van der Waals surface area contributed by atoms with E-state index >= 15 is 0 Å². The molecule has 8 heteroatoms. The fraction of sp³-hybridized carbons (Fsp3) is 0.636. The molecule has 0 N–H and O–H groups in total. The highest BCUT2D eigenvalue weighted by Gasteiger charge is 2.35. The lowest BCUT2D eigenvalue weighted by Crippen LogP contribution is -2.51. The Morgan fingerprint density at radius 3 is 2.60 bits per heavy atom. The molecule has 2 amide bonds. The second-order valence-corrected chi connectivity index (χ2v) is 8.91. The maximum absolute atomic E-state index is 13.1. The molecule has 0 aliphatic carbocycles. The predicted molar refractivity (Wildman–Crippen MR) is 114 cm³/mol. The number of amides is 2. The fourth-order valence-corrected chi connectivity index (χ4v) is 4.84. The van der Waals surface area contributed by atoms with Crippen molar-refractivity contribution >= 4 is 17.5 Å². The molecule has 0 spiro atoms. The Kier molecular flexibility index (Phi) is 6.04. The van der Waals surface area contributed by atoms with Crippen molar-refractivity contribution in [2.45, 2.75) is 45.1 Å². The van der Waals surface area contributed by atoms with E-state index < -0.39 is 0 Å². The van der Waals surface area contributed by atoms with E-state index in [2.05, 4.69) is 15.0 Å². The van der Waals surface area contributed by atoms with Gasteiger partial charge in [0.1, 0.15) is 5.56 Å². The molecule has 4 heterocycles. The van der Waals surface area contributed by atoms with Gasteiger partial charge < -0.3 is 9.80 Å². The van der Waals surface area contributed by atoms with E-state index in [9.17, 15) is 9.59 Å². The normalized spacial score (nSPS) is 21.2. The Hall–Kier alpha value is -2.48. The Labute approximate surface area is 177 Å². The van der Waals surface area contributed by atoms with Crippen molar-refractivity contribution < 1.29 is 9.59 Å². The summed E-state index contributed by atoms with van der Waals surface area (Å²) < 4.78 is 1.68. The highest BCUT2D eigenvalue weighted by Crippen LogP contribution is 2.31. The van der Waals surface area contributed by atoms with Crippen LogP contribution in [0.3, 0.4) is 0 Å². The number of aromatic nitrogens is 3. The number of likely N-dealkylation sites (N-methyl/N-ethyl adjacent to an activating group) is 1. The SMILES string of the molecule is Cc1cnc2c(C(=O)N3CCC([C@@H]4CCCCN4CC(=O)N(C)C)CC3)cnn2c1. The predicted octanol–water partition coefficient (Wildman–Crippen LogP) is 1.83. The average molecular weight is 413 g/mol. The minimum absolute atomic E-state index is 0.0167. The van der Waals surface area contributed by atoms with Crippen molar-refractivity contribution in [3.05, 3.63) is 29.7 Å². The molecule has 0 saturated carbocycles. The second kappa shape index (κ2) is 8.71. The number of likely N-dealkylation sites (tertiary alicyclic amines) is 2. The van der Waals surface area contributed by atoms with Crippen molar-refractivity contribution in [2.75, 3.05) is 40.3 Å². The zero-order valence-electron chi connectivity index (χ0n) is 18.3. The quantitative estimate of drug-likeness (QED) is 0.766. The lowest BCUT2D eigenvalue weighted by atomic mass is 9.83. The standard InChI is InChI=1S/C22H32N6O2/c1-16-12-23-21-18(13-24-28(21)14-16)22(30)26-10-7-17(8-11-26)19-6-4-5-9-27(19)15-20(29)25(2)3/h12-14,17,19H,4-11,15H2,1-3H3/t19-/m0/s1. The van der Waals surface area contributed by atoms with Crippen LogP contribution >= 0.6 is 0 Å². The van der Waals surface area contributed by atoms with E-state index in [0.717, 1.165) is 50.9 Å². The number of piperidine rings is 2. The van der Waals surface area contributed by atoms with Gasteiger partial charge in [-0.2, -0.15) is 5.10 Å². The van der Waals surface area contributed by atoms with Crippen LogP contribution in [-0.4, -0.2) is 87.4 Å². The summed E-state index contributed by atoms with van der Waals surface area (Å²) >= 11 is 0. The molecule has 0 unspecified atom stereocenters. The Bertz CT molecular complexity index is 915. The summed E-state index contributed by atoms with van der Waals surface area (Å²) in [7, 11) is 3.64. The highest BCUT2D eigenvalue weighted by molar-refractivity contribution is 5.99. The van der Waals surface area contributed by atoms with Crippen LogP contribution in [0.5, 0.6) is 0 Å². The van der Waals surface area contributed by atoms with Gasteiger partial charge in [0.2, 0.25) is 5.91 Å². The first-order valence-electron chi connectivity index (χ1n) is 11.0. The third-order valence-corrected chi connectivity index (χ3v) is 6.59. The van der Waals surface area contributed by atoms with Crippen molar-refractivity contribution in [3.63, 3.8) is 0 Å². The molecular weight excluding hydrogens is 380 g/mol. The van der Waals surface area contributed by atoms with Gasteiger partial charge in [-0.3, -0.25) is 14.5 Å². The topological polar surface area (TPSA) is 74.1 Å². The number of hydrogen-bond donors (Lipinski definition) is 0. The molecule has 2 aliphatic rings. The van der Waals surface area contributed by atoms with Gasteiger partial charge in [0.05, 0.1) is 12.7 Å². The van der Waals surface area contributed by atoms with Crippen LogP contribution < -0.4 is 0 Å². The molecule has 162 valence electrons. The van der Waals surface area contributed by atoms with Gasteiger partial charge in [-0.25, -0.2) is 9.50 Å². The van der Waals surface area contributed by atoms with Crippen LogP contribution in [0, 0.1) is 12.8 Å². The zero-order chi connectivity index (χ0) is 21.3. The molecule has 2 fully saturated rings. The zero-order valence-corrected chi connectivity index (χ0v) is 18.3. The lowest BCUT2D eigenvalue weighted by Gasteiger charge is -2.43. The molecule has 2 aromatic heterocycles. The smallest absolute Gasteiger partial charge is 0.259 e. The summed E-state index contributed by atoms with van der Waals surface area (Å²) in [6.07, 6.45) is 10.8. The molecule has 8 nitrogen and oxygen atoms in total. The van der Waals surface area contributed by atoms with Crippen molar-refractivity contribution in [3.8, 4) is 0 Å². The van der Waals surface area contributed by atoms with Gasteiger partial charge in [0.25, 0.3) is 5.91 Å². The first-order valence-corrected chi connectivity index (χ1v) is 11.0. The number of carbonyl (C=O) groups excluding carboxylic acids is 2. The van der Waals surface area contributed by atoms with Gasteiger partial charge in [-0.05, 0) is 50.6 Å². The third kappa shape index (κ3) is 4.19. The summed E-state index contributed by atoms with van der Waals surface area (Å²) in [6.45, 7) is 4.96. The van der Waals surface area contributed by atoms with Gasteiger partial charge in [-0.1, -0.05) is 6.42 Å². The van der Waals surface area contributed by atoms with E-state index in [1.165, 1.54) is 6.42 Å². The molecule has 4 rings (SSSR count). The Balaban J connectivity index is 1.40. The van der Waals surface area contributed by atoms with Crippen molar-refractivity contribution in [1.29, 1.82) is 0 Å². The van der Waals surface area contributed by atoms with Gasteiger partial charge in [0, 0.05) is 45.6 Å². The summed E-state index contributed by atoms with van der Waals surface area (Å²) in [4.78, 5) is 35.8. The van der Waals surface area contributed by atoms with Crippen molar-refractivity contribution in [1.82, 2.24) is 29.3 Å². The van der Waals surface area contributed by atoms with E-state index in [0.29, 0.717) is 29.7 Å². The Morgan fingerprint density at radius 1 is 1.10 bits per heavy atom. The highest BCUT2D eigenvalue weighted by atomic mass is 16.2. The molecular formula is C22H32N6O2. The molecule has 0 radical (unpaired) electrons. The van der Waals surface area contributed by atoms with E-state index in [1.807, 2.05) is 32.1 Å². The molecule has 0 bridgehead atoms. The summed E-state index contributed by atoms with van der Waals surface area (Å²) in [5, 5.41) is 4.30. The van der Waals surface area contributed by atoms with E-state index in [-0.39, 0.29) is 11.8 Å². The number of rotatable bonds is 4. The molecule has 2 saturated heterocycles. The van der Waals surface area contributed by atoms with Crippen LogP contribution in [0.25, 0.3) is 5.65 Å². The van der Waals surface area contributed by atoms with Crippen LogP contribution in [0.2, 0.25) is 0 Å². The summed E-state index contributed by atoms with van der Waals surface area (Å²) in [6, 6.07) is 0.446. The largest absolute Gasteiger partial charge is 0.348 e. The summed E-state index contributed by atoms with van der Waals surface area (Å²) in [5.41, 5.74) is 2.20. The summed E-state index contributed by atoms with van der Waals surface area (Å²) in [5.74, 6) is 0.724. The average Bonchev–Trinajstić information content (AvgIpc) is 3.16. The van der Waals surface area contributed by atoms with Crippen LogP contribution in [0.15, 0.2) is 18.6 Å². The molecule has 2 aliphatic heterocycles. The van der Waals surface area contributed by atoms with Gasteiger partial charge in [-0.15, -0.1) is 0 Å². The fourth-order valence-electron chi connectivity index (χ4n) is 4.84. The minimum Gasteiger partial charge on any atom is -0.348 e. The molecule has 1 atom stereocenters. The molecule has 30 heavy (non-hydrogen) atoms. The number of fused-ring (bicyclic) bond motifs is 1. The molecule has 2 aromatic rings. The Morgan fingerprint density at radius 2 is 1.87 bits per heavy atom. The first-order chi connectivity index (χ1) is 14.4. The van der Waals surface area contributed by atoms with Crippen LogP contribution in [0.4, 0.5) is 0 Å². The molecule has 0 aromatic carbocycles. The third-order valence-electron chi connectivity index (χ3n) is 6.59. The van der Waals surface area contributed by atoms with Gasteiger partial charge in [0.15, 0.2) is 5.65 Å². The number of aryl methyl sites for hydroxylation is 1. The first kappa shape index (κ1) is 20.8. The monoisotopic (exact) mass is 412 g/mol. The van der Waals surface area contributed by atoms with E-state index in [1.54, 1.807) is 21.8 Å². The number of hydrogen-bond acceptors (Lipinski definition) is 5. The number of nitrogens with zero attached hydrogens (tertiary/aromatic N) is 6. The van der Waals surface area contributed by atoms with Crippen LogP contribution in [-0.2, 0) is 4.79 Å².